The second kappa shape index (κ2) is 5.50. The number of ether oxygens (including phenoxy) is 2. The van der Waals surface area contributed by atoms with Gasteiger partial charge in [-0.2, -0.15) is 0 Å². The van der Waals surface area contributed by atoms with Gasteiger partial charge < -0.3 is 9.47 Å². The van der Waals surface area contributed by atoms with Crippen LogP contribution in [0, 0.1) is 0 Å². The number of hydrogen-bond acceptors (Lipinski definition) is 2. The second-order valence-electron chi connectivity index (χ2n) is 2.79. The molecule has 0 aliphatic rings. The number of hydrogen-bond donors (Lipinski definition) is 0. The minimum Gasteiger partial charge on any atom is -0.490 e. The van der Waals surface area contributed by atoms with E-state index in [1.54, 1.807) is 18.2 Å². The Morgan fingerprint density at radius 3 is 2.29 bits per heavy atom. The van der Waals surface area contributed by atoms with Gasteiger partial charge in [-0.05, 0) is 31.5 Å². The predicted molar refractivity (Wildman–Crippen MR) is 53.2 cm³/mol. The molecule has 0 spiro atoms. The van der Waals surface area contributed by atoms with Gasteiger partial charge in [-0.15, -0.1) is 0 Å². The van der Waals surface area contributed by atoms with Crippen LogP contribution in [0.2, 0.25) is 0 Å². The second-order valence-corrected chi connectivity index (χ2v) is 2.79. The van der Waals surface area contributed by atoms with Crippen LogP contribution in [0.15, 0.2) is 18.2 Å². The van der Waals surface area contributed by atoms with Gasteiger partial charge in [0.05, 0.1) is 13.2 Å². The van der Waals surface area contributed by atoms with Gasteiger partial charge in [-0.1, -0.05) is 6.07 Å². The summed E-state index contributed by atoms with van der Waals surface area (Å²) in [5, 5.41) is 10.7. The molecule has 0 bridgehead atoms. The van der Waals surface area contributed by atoms with E-state index in [1.165, 1.54) is 0 Å². The molecule has 3 nitrogen and oxygen atoms in total. The molecule has 77 valence electrons. The molecule has 0 saturated carbocycles. The highest BCUT2D eigenvalue weighted by Gasteiger charge is 2.05. The van der Waals surface area contributed by atoms with E-state index in [2.05, 4.69) is 0 Å². The maximum Gasteiger partial charge on any atom is 0.161 e. The van der Waals surface area contributed by atoms with Crippen molar-refractivity contribution in [3.05, 3.63) is 23.8 Å². The lowest BCUT2D eigenvalue weighted by atomic mass is 10.2. The highest BCUT2D eigenvalue weighted by atomic mass is 16.5. The molecule has 1 rings (SSSR count). The summed E-state index contributed by atoms with van der Waals surface area (Å²) in [4.78, 5) is 0. The lowest BCUT2D eigenvalue weighted by Crippen LogP contribution is -1.99. The topological polar surface area (TPSA) is 38.4 Å². The summed E-state index contributed by atoms with van der Waals surface area (Å²) in [6.07, 6.45) is 0. The molecule has 0 aliphatic carbocycles. The Morgan fingerprint density at radius 2 is 1.71 bits per heavy atom. The Balaban J connectivity index is 2.91. The van der Waals surface area contributed by atoms with Crippen LogP contribution in [0.3, 0.4) is 0 Å². The van der Waals surface area contributed by atoms with Crippen LogP contribution in [-0.2, 0) is 11.7 Å². The van der Waals surface area contributed by atoms with E-state index in [0.717, 1.165) is 5.56 Å². The monoisotopic (exact) mass is 195 g/mol. The molecule has 1 aromatic rings. The van der Waals surface area contributed by atoms with Crippen LogP contribution >= 0.6 is 0 Å². The van der Waals surface area contributed by atoms with Crippen LogP contribution in [0.4, 0.5) is 0 Å². The van der Waals surface area contributed by atoms with E-state index < -0.39 is 0 Å². The van der Waals surface area contributed by atoms with Gasteiger partial charge in [0.2, 0.25) is 0 Å². The zero-order valence-electron chi connectivity index (χ0n) is 8.58. The fourth-order valence-electron chi connectivity index (χ4n) is 1.19. The van der Waals surface area contributed by atoms with Crippen molar-refractivity contribution in [3.8, 4) is 11.5 Å². The fraction of sp³-hybridized carbons (Fsp3) is 0.455. The van der Waals surface area contributed by atoms with Gasteiger partial charge >= 0.3 is 0 Å². The first kappa shape index (κ1) is 10.9. The summed E-state index contributed by atoms with van der Waals surface area (Å²) in [7, 11) is 0. The molecule has 0 aliphatic heterocycles. The Morgan fingerprint density at radius 1 is 1.07 bits per heavy atom. The first-order valence-electron chi connectivity index (χ1n) is 4.78. The number of rotatable bonds is 5. The zero-order valence-corrected chi connectivity index (χ0v) is 8.58. The third-order valence-electron chi connectivity index (χ3n) is 1.77. The van der Waals surface area contributed by atoms with Crippen molar-refractivity contribution in [2.75, 3.05) is 13.2 Å². The number of benzene rings is 1. The highest BCUT2D eigenvalue weighted by molar-refractivity contribution is 5.42. The van der Waals surface area contributed by atoms with Crippen molar-refractivity contribution in [3.63, 3.8) is 0 Å². The molecular weight excluding hydrogens is 180 g/mol. The van der Waals surface area contributed by atoms with Crippen LogP contribution in [0.5, 0.6) is 11.5 Å². The van der Waals surface area contributed by atoms with E-state index in [0.29, 0.717) is 24.7 Å². The predicted octanol–water partition coefficient (Wildman–Crippen LogP) is 2.41. The van der Waals surface area contributed by atoms with Gasteiger partial charge in [0.15, 0.2) is 11.5 Å². The molecule has 0 fully saturated rings. The Labute approximate surface area is 84.3 Å². The minimum absolute atomic E-state index is 0.230. The normalized spacial score (nSPS) is 9.93. The summed E-state index contributed by atoms with van der Waals surface area (Å²) >= 11 is 0. The van der Waals surface area contributed by atoms with Crippen LogP contribution in [0.1, 0.15) is 19.4 Å². The van der Waals surface area contributed by atoms with Gasteiger partial charge in [-0.3, -0.25) is 0 Å². The van der Waals surface area contributed by atoms with Crippen LogP contribution < -0.4 is 9.47 Å². The smallest absolute Gasteiger partial charge is 0.161 e. The van der Waals surface area contributed by atoms with Gasteiger partial charge in [0, 0.05) is 0 Å². The molecule has 0 aromatic heterocycles. The molecule has 1 aromatic carbocycles. The largest absolute Gasteiger partial charge is 0.490 e. The minimum atomic E-state index is -0.230. The third-order valence-corrected chi connectivity index (χ3v) is 1.77. The maximum absolute atomic E-state index is 10.7. The summed E-state index contributed by atoms with van der Waals surface area (Å²) in [6.45, 7) is 4.75. The fourth-order valence-corrected chi connectivity index (χ4v) is 1.19. The van der Waals surface area contributed by atoms with Crippen molar-refractivity contribution in [2.45, 2.75) is 20.5 Å². The molecular formula is C11H15O3. The van der Waals surface area contributed by atoms with Crippen molar-refractivity contribution in [2.24, 2.45) is 0 Å². The van der Waals surface area contributed by atoms with E-state index >= 15 is 0 Å². The van der Waals surface area contributed by atoms with Crippen LogP contribution in [0.25, 0.3) is 0 Å². The highest BCUT2D eigenvalue weighted by Crippen LogP contribution is 2.28. The zero-order chi connectivity index (χ0) is 10.4. The van der Waals surface area contributed by atoms with Crippen LogP contribution in [-0.4, -0.2) is 13.2 Å². The summed E-state index contributed by atoms with van der Waals surface area (Å²) < 4.78 is 10.7. The SMILES string of the molecule is CCOc1ccc(C[O])cc1OCC. The molecule has 0 unspecified atom stereocenters. The molecule has 3 heteroatoms. The molecule has 0 N–H and O–H groups in total. The molecule has 0 atom stereocenters. The van der Waals surface area contributed by atoms with Gasteiger partial charge in [0.1, 0.15) is 6.61 Å². The Hall–Kier alpha value is -1.22. The molecule has 0 saturated heterocycles. The Kier molecular flexibility index (Phi) is 4.26. The summed E-state index contributed by atoms with van der Waals surface area (Å²) in [5.74, 6) is 1.36. The summed E-state index contributed by atoms with van der Waals surface area (Å²) in [6, 6.07) is 5.28. The quantitative estimate of drug-likeness (QED) is 0.723. The first-order chi connectivity index (χ1) is 6.81. The van der Waals surface area contributed by atoms with Gasteiger partial charge in [0.25, 0.3) is 0 Å². The molecule has 0 amide bonds. The average Bonchev–Trinajstić information content (AvgIpc) is 2.21. The van der Waals surface area contributed by atoms with E-state index in [-0.39, 0.29) is 6.61 Å². The Bertz CT molecular complexity index is 284. The first-order valence-corrected chi connectivity index (χ1v) is 4.78. The van der Waals surface area contributed by atoms with Crippen molar-refractivity contribution in [1.29, 1.82) is 0 Å². The van der Waals surface area contributed by atoms with E-state index in [1.807, 2.05) is 13.8 Å². The molecule has 14 heavy (non-hydrogen) atoms. The van der Waals surface area contributed by atoms with E-state index in [4.69, 9.17) is 9.47 Å². The lowest BCUT2D eigenvalue weighted by Gasteiger charge is -2.11. The maximum atomic E-state index is 10.7. The van der Waals surface area contributed by atoms with Crippen molar-refractivity contribution >= 4 is 0 Å². The van der Waals surface area contributed by atoms with Crippen molar-refractivity contribution < 1.29 is 14.6 Å². The van der Waals surface area contributed by atoms with E-state index in [9.17, 15) is 5.11 Å². The average molecular weight is 195 g/mol. The van der Waals surface area contributed by atoms with Gasteiger partial charge in [-0.25, -0.2) is 5.11 Å². The third kappa shape index (κ3) is 2.64. The lowest BCUT2D eigenvalue weighted by molar-refractivity contribution is 0.177. The molecule has 0 heterocycles. The summed E-state index contributed by atoms with van der Waals surface area (Å²) in [5.41, 5.74) is 0.719. The van der Waals surface area contributed by atoms with Crippen molar-refractivity contribution in [1.82, 2.24) is 0 Å². The molecule has 1 radical (unpaired) electrons. The standard InChI is InChI=1S/C11H15O3/c1-3-13-10-6-5-9(8-12)7-11(10)14-4-2/h5-7H,3-4,8H2,1-2H3.